The van der Waals surface area contributed by atoms with Crippen molar-refractivity contribution in [1.29, 1.82) is 0 Å². The highest BCUT2D eigenvalue weighted by atomic mass is 79.9. The van der Waals surface area contributed by atoms with E-state index in [1.54, 1.807) is 15.6 Å². The van der Waals surface area contributed by atoms with Crippen LogP contribution in [0.15, 0.2) is 59.3 Å². The van der Waals surface area contributed by atoms with Gasteiger partial charge in [0.25, 0.3) is 5.91 Å². The average molecular weight is 490 g/mol. The molecule has 8 heteroatoms. The van der Waals surface area contributed by atoms with Gasteiger partial charge < -0.3 is 10.2 Å². The summed E-state index contributed by atoms with van der Waals surface area (Å²) in [7, 11) is 0. The first-order chi connectivity index (χ1) is 15.6. The molecule has 160 valence electrons. The van der Waals surface area contributed by atoms with Gasteiger partial charge in [0.1, 0.15) is 11.7 Å². The smallest absolute Gasteiger partial charge is 0.274 e. The van der Waals surface area contributed by atoms with Crippen molar-refractivity contribution in [2.24, 2.45) is 5.92 Å². The highest BCUT2D eigenvalue weighted by Crippen LogP contribution is 2.37. The largest absolute Gasteiger partial charge is 0.354 e. The number of para-hydroxylation sites is 1. The Morgan fingerprint density at radius 1 is 1.19 bits per heavy atom. The maximum atomic E-state index is 13.4. The monoisotopic (exact) mass is 489 g/mol. The fourth-order valence-corrected chi connectivity index (χ4v) is 4.72. The molecule has 0 radical (unpaired) electrons. The lowest BCUT2D eigenvalue weighted by Crippen LogP contribution is -2.39. The SMILES string of the molecule is O=C(NCC1CC1)C1c2cc3ccccc3nc2C(=O)N1Cc1ccn2ncc(Br)c2c1. The summed E-state index contributed by atoms with van der Waals surface area (Å²) in [5.41, 5.74) is 3.62. The molecule has 1 saturated carbocycles. The van der Waals surface area contributed by atoms with Crippen LogP contribution in [0, 0.1) is 5.92 Å². The number of nitrogens with zero attached hydrogens (tertiary/aromatic N) is 4. The van der Waals surface area contributed by atoms with Crippen LogP contribution in [0.3, 0.4) is 0 Å². The zero-order valence-corrected chi connectivity index (χ0v) is 18.7. The number of hydrogen-bond donors (Lipinski definition) is 1. The molecule has 3 aromatic heterocycles. The third-order valence-electron chi connectivity index (χ3n) is 6.23. The Hall–Kier alpha value is -3.26. The number of nitrogens with one attached hydrogen (secondary N) is 1. The Morgan fingerprint density at radius 2 is 2.03 bits per heavy atom. The lowest BCUT2D eigenvalue weighted by molar-refractivity contribution is -0.125. The van der Waals surface area contributed by atoms with Crippen molar-refractivity contribution >= 4 is 44.2 Å². The van der Waals surface area contributed by atoms with Crippen molar-refractivity contribution in [3.63, 3.8) is 0 Å². The topological polar surface area (TPSA) is 79.6 Å². The van der Waals surface area contributed by atoms with Crippen LogP contribution in [0.1, 0.15) is 40.5 Å². The van der Waals surface area contributed by atoms with Crippen molar-refractivity contribution < 1.29 is 9.59 Å². The number of halogens is 1. The Bertz CT molecular complexity index is 1390. The minimum absolute atomic E-state index is 0.146. The van der Waals surface area contributed by atoms with Crippen molar-refractivity contribution in [1.82, 2.24) is 24.8 Å². The summed E-state index contributed by atoms with van der Waals surface area (Å²) in [5, 5.41) is 8.26. The van der Waals surface area contributed by atoms with E-state index in [9.17, 15) is 9.59 Å². The van der Waals surface area contributed by atoms with Crippen LogP contribution in [0.5, 0.6) is 0 Å². The molecule has 1 N–H and O–H groups in total. The summed E-state index contributed by atoms with van der Waals surface area (Å²) in [5.74, 6) is 0.192. The summed E-state index contributed by atoms with van der Waals surface area (Å²) in [6.45, 7) is 0.962. The van der Waals surface area contributed by atoms with Gasteiger partial charge in [-0.15, -0.1) is 0 Å². The van der Waals surface area contributed by atoms with Crippen LogP contribution >= 0.6 is 15.9 Å². The van der Waals surface area contributed by atoms with E-state index in [2.05, 4.69) is 31.3 Å². The van der Waals surface area contributed by atoms with E-state index in [1.807, 2.05) is 48.7 Å². The van der Waals surface area contributed by atoms with Crippen molar-refractivity contribution in [3.8, 4) is 0 Å². The van der Waals surface area contributed by atoms with Gasteiger partial charge in [-0.3, -0.25) is 9.59 Å². The van der Waals surface area contributed by atoms with Crippen molar-refractivity contribution in [2.45, 2.75) is 25.4 Å². The zero-order chi connectivity index (χ0) is 21.8. The number of aromatic nitrogens is 3. The highest BCUT2D eigenvalue weighted by molar-refractivity contribution is 9.10. The van der Waals surface area contributed by atoms with Gasteiger partial charge in [-0.2, -0.15) is 5.10 Å². The zero-order valence-electron chi connectivity index (χ0n) is 17.2. The van der Waals surface area contributed by atoms with Gasteiger partial charge in [-0.25, -0.2) is 9.50 Å². The van der Waals surface area contributed by atoms with Gasteiger partial charge in [0.2, 0.25) is 5.91 Å². The number of hydrogen-bond acceptors (Lipinski definition) is 4. The van der Waals surface area contributed by atoms with Crippen LogP contribution < -0.4 is 5.32 Å². The highest BCUT2D eigenvalue weighted by Gasteiger charge is 2.42. The first kappa shape index (κ1) is 19.4. The number of pyridine rings is 2. The molecule has 1 unspecified atom stereocenters. The average Bonchev–Trinajstić information content (AvgIpc) is 3.52. The second kappa shape index (κ2) is 7.41. The molecule has 6 rings (SSSR count). The molecular weight excluding hydrogens is 470 g/mol. The third kappa shape index (κ3) is 3.26. The van der Waals surface area contributed by atoms with Crippen molar-refractivity contribution in [2.75, 3.05) is 6.54 Å². The summed E-state index contributed by atoms with van der Waals surface area (Å²) in [4.78, 5) is 33.0. The summed E-state index contributed by atoms with van der Waals surface area (Å²) in [6.07, 6.45) is 5.89. The maximum Gasteiger partial charge on any atom is 0.274 e. The predicted octanol–water partition coefficient (Wildman–Crippen LogP) is 3.87. The van der Waals surface area contributed by atoms with Crippen molar-refractivity contribution in [3.05, 3.63) is 76.2 Å². The molecule has 1 aliphatic carbocycles. The van der Waals surface area contributed by atoms with E-state index in [0.717, 1.165) is 39.3 Å². The quantitative estimate of drug-likeness (QED) is 0.461. The molecule has 4 heterocycles. The van der Waals surface area contributed by atoms with Gasteiger partial charge in [0.05, 0.1) is 21.7 Å². The molecule has 7 nitrogen and oxygen atoms in total. The number of fused-ring (bicyclic) bond motifs is 3. The third-order valence-corrected chi connectivity index (χ3v) is 6.84. The first-order valence-corrected chi connectivity index (χ1v) is 11.5. The second-order valence-corrected chi connectivity index (χ2v) is 9.35. The fourth-order valence-electron chi connectivity index (χ4n) is 4.33. The number of carbonyl (C=O) groups excluding carboxylic acids is 2. The number of carbonyl (C=O) groups is 2. The van der Waals surface area contributed by atoms with E-state index in [0.29, 0.717) is 30.3 Å². The second-order valence-electron chi connectivity index (χ2n) is 8.50. The summed E-state index contributed by atoms with van der Waals surface area (Å²) < 4.78 is 2.64. The molecule has 0 spiro atoms. The van der Waals surface area contributed by atoms with E-state index < -0.39 is 6.04 Å². The Labute approximate surface area is 192 Å². The number of benzene rings is 1. The molecule has 1 fully saturated rings. The molecule has 1 aliphatic heterocycles. The molecule has 32 heavy (non-hydrogen) atoms. The molecule has 4 aromatic rings. The van der Waals surface area contributed by atoms with Crippen LogP contribution in [0.4, 0.5) is 0 Å². The van der Waals surface area contributed by atoms with E-state index in [4.69, 9.17) is 0 Å². The minimum atomic E-state index is -0.696. The van der Waals surface area contributed by atoms with Gasteiger partial charge >= 0.3 is 0 Å². The molecule has 2 aliphatic rings. The van der Waals surface area contributed by atoms with Gasteiger partial charge in [0, 0.05) is 30.2 Å². The number of amides is 2. The molecule has 0 saturated heterocycles. The van der Waals surface area contributed by atoms with Crippen LogP contribution in [0.25, 0.3) is 16.4 Å². The normalized spacial score (nSPS) is 17.8. The van der Waals surface area contributed by atoms with Crippen LogP contribution in [-0.2, 0) is 11.3 Å². The lowest BCUT2D eigenvalue weighted by Gasteiger charge is -2.24. The Balaban J connectivity index is 1.40. The summed E-state index contributed by atoms with van der Waals surface area (Å²) in [6, 6.07) is 12.8. The molecule has 0 bridgehead atoms. The van der Waals surface area contributed by atoms with E-state index in [-0.39, 0.29) is 11.8 Å². The molecule has 1 aromatic carbocycles. The standard InChI is InChI=1S/C24H20BrN5O2/c25-18-12-27-30-8-7-15(9-20(18)30)13-29-22(23(31)26-11-14-5-6-14)17-10-16-3-1-2-4-19(16)28-21(17)24(29)32/h1-4,7-10,12,14,22H,5-6,11,13H2,(H,26,31). The maximum absolute atomic E-state index is 13.4. The minimum Gasteiger partial charge on any atom is -0.354 e. The fraction of sp³-hybridized carbons (Fsp3) is 0.250. The Kier molecular flexibility index (Phi) is 4.50. The van der Waals surface area contributed by atoms with Gasteiger partial charge in [-0.1, -0.05) is 18.2 Å². The molecule has 2 amide bonds. The van der Waals surface area contributed by atoms with Gasteiger partial charge in [-0.05, 0) is 64.5 Å². The van der Waals surface area contributed by atoms with E-state index >= 15 is 0 Å². The summed E-state index contributed by atoms with van der Waals surface area (Å²) >= 11 is 3.51. The van der Waals surface area contributed by atoms with Gasteiger partial charge in [0.15, 0.2) is 0 Å². The Morgan fingerprint density at radius 3 is 2.88 bits per heavy atom. The lowest BCUT2D eigenvalue weighted by atomic mass is 10.0. The first-order valence-electron chi connectivity index (χ1n) is 10.7. The van der Waals surface area contributed by atoms with E-state index in [1.165, 1.54) is 0 Å². The number of rotatable bonds is 5. The van der Waals surface area contributed by atoms with Crippen LogP contribution in [-0.4, -0.2) is 37.9 Å². The van der Waals surface area contributed by atoms with Crippen LogP contribution in [0.2, 0.25) is 0 Å². The molecule has 1 atom stereocenters. The predicted molar refractivity (Wildman–Crippen MR) is 123 cm³/mol. The molecular formula is C24H20BrN5O2.